The zero-order valence-corrected chi connectivity index (χ0v) is 12.9. The molecule has 21 heavy (non-hydrogen) atoms. The van der Waals surface area contributed by atoms with Crippen LogP contribution in [0.25, 0.3) is 0 Å². The van der Waals surface area contributed by atoms with E-state index in [0.29, 0.717) is 18.1 Å². The molecule has 1 atom stereocenters. The molecular formula is C14H20O6S. The number of benzene rings is 1. The maximum Gasteiger partial charge on any atom is 0.307 e. The summed E-state index contributed by atoms with van der Waals surface area (Å²) in [5.74, 6) is -1.65. The van der Waals surface area contributed by atoms with Gasteiger partial charge in [-0.2, -0.15) is 0 Å². The van der Waals surface area contributed by atoms with Crippen molar-refractivity contribution in [2.24, 2.45) is 5.92 Å². The van der Waals surface area contributed by atoms with Crippen LogP contribution >= 0.6 is 0 Å². The maximum absolute atomic E-state index is 11.8. The third-order valence-corrected chi connectivity index (χ3v) is 4.52. The zero-order valence-electron chi connectivity index (χ0n) is 12.1. The van der Waals surface area contributed by atoms with Crippen molar-refractivity contribution in [3.8, 4) is 11.5 Å². The average molecular weight is 316 g/mol. The van der Waals surface area contributed by atoms with Gasteiger partial charge in [0.1, 0.15) is 6.61 Å². The quantitative estimate of drug-likeness (QED) is 0.744. The molecule has 1 rings (SSSR count). The molecule has 0 amide bonds. The number of ether oxygens (including phenoxy) is 2. The Morgan fingerprint density at radius 1 is 1.24 bits per heavy atom. The standard InChI is InChI=1S/C14H20O6S/c1-3-19-12-6-4-5-7-13(12)20-8-9-21(17,18)10-11(2)14(15)16/h4-7,11H,3,8-10H2,1-2H3,(H,15,16). The van der Waals surface area contributed by atoms with Crippen molar-refractivity contribution >= 4 is 15.8 Å². The predicted octanol–water partition coefficient (Wildman–Crippen LogP) is 1.60. The van der Waals surface area contributed by atoms with E-state index in [1.165, 1.54) is 6.92 Å². The van der Waals surface area contributed by atoms with Crippen LogP contribution in [0.1, 0.15) is 13.8 Å². The SMILES string of the molecule is CCOc1ccccc1OCCS(=O)(=O)CC(C)C(=O)O. The third-order valence-electron chi connectivity index (χ3n) is 2.73. The summed E-state index contributed by atoms with van der Waals surface area (Å²) in [7, 11) is -3.47. The molecule has 0 heterocycles. The van der Waals surface area contributed by atoms with Gasteiger partial charge >= 0.3 is 5.97 Å². The van der Waals surface area contributed by atoms with Crippen LogP contribution in [0.3, 0.4) is 0 Å². The molecule has 0 saturated carbocycles. The number of hydrogen-bond donors (Lipinski definition) is 1. The lowest BCUT2D eigenvalue weighted by molar-refractivity contribution is -0.140. The van der Waals surface area contributed by atoms with Gasteiger partial charge in [-0.05, 0) is 19.1 Å². The highest BCUT2D eigenvalue weighted by Gasteiger charge is 2.21. The van der Waals surface area contributed by atoms with Crippen molar-refractivity contribution in [3.05, 3.63) is 24.3 Å². The molecule has 1 aromatic carbocycles. The number of aliphatic carboxylic acids is 1. The van der Waals surface area contributed by atoms with Crippen molar-refractivity contribution in [1.82, 2.24) is 0 Å². The minimum atomic E-state index is -3.47. The lowest BCUT2D eigenvalue weighted by Gasteiger charge is -2.12. The molecule has 0 aliphatic rings. The van der Waals surface area contributed by atoms with E-state index in [9.17, 15) is 13.2 Å². The fraction of sp³-hybridized carbons (Fsp3) is 0.500. The number of carboxylic acid groups (broad SMARTS) is 1. The summed E-state index contributed by atoms with van der Waals surface area (Å²) in [4.78, 5) is 10.7. The van der Waals surface area contributed by atoms with E-state index in [1.54, 1.807) is 24.3 Å². The van der Waals surface area contributed by atoms with Crippen LogP contribution < -0.4 is 9.47 Å². The average Bonchev–Trinajstić information content (AvgIpc) is 2.40. The molecule has 0 aromatic heterocycles. The van der Waals surface area contributed by atoms with Crippen molar-refractivity contribution in [1.29, 1.82) is 0 Å². The lowest BCUT2D eigenvalue weighted by atomic mass is 10.2. The smallest absolute Gasteiger partial charge is 0.307 e. The molecule has 118 valence electrons. The second-order valence-corrected chi connectivity index (χ2v) is 6.81. The Morgan fingerprint density at radius 2 is 1.81 bits per heavy atom. The Bertz CT molecular complexity index is 567. The van der Waals surface area contributed by atoms with Crippen LogP contribution in [0.4, 0.5) is 0 Å². The minimum Gasteiger partial charge on any atom is -0.490 e. The van der Waals surface area contributed by atoms with E-state index in [1.807, 2.05) is 6.92 Å². The highest BCUT2D eigenvalue weighted by Crippen LogP contribution is 2.26. The molecule has 0 aliphatic carbocycles. The van der Waals surface area contributed by atoms with Crippen LogP contribution in [0.15, 0.2) is 24.3 Å². The first-order valence-electron chi connectivity index (χ1n) is 6.63. The number of carboxylic acids is 1. The van der Waals surface area contributed by atoms with E-state index in [-0.39, 0.29) is 12.4 Å². The van der Waals surface area contributed by atoms with Gasteiger partial charge in [0.2, 0.25) is 0 Å². The molecule has 6 nitrogen and oxygen atoms in total. The van der Waals surface area contributed by atoms with Crippen LogP contribution in [0, 0.1) is 5.92 Å². The molecule has 1 unspecified atom stereocenters. The van der Waals surface area contributed by atoms with Gasteiger partial charge in [0.05, 0.1) is 24.0 Å². The van der Waals surface area contributed by atoms with Gasteiger partial charge in [-0.15, -0.1) is 0 Å². The van der Waals surface area contributed by atoms with E-state index < -0.39 is 27.5 Å². The van der Waals surface area contributed by atoms with E-state index in [2.05, 4.69) is 0 Å². The Labute approximate surface area is 124 Å². The summed E-state index contributed by atoms with van der Waals surface area (Å²) in [5.41, 5.74) is 0. The number of hydrogen-bond acceptors (Lipinski definition) is 5. The Balaban J connectivity index is 2.55. The highest BCUT2D eigenvalue weighted by atomic mass is 32.2. The molecule has 0 saturated heterocycles. The molecule has 0 bridgehead atoms. The number of rotatable bonds is 9. The molecule has 0 fully saturated rings. The third kappa shape index (κ3) is 6.03. The molecule has 0 radical (unpaired) electrons. The predicted molar refractivity (Wildman–Crippen MR) is 78.6 cm³/mol. The fourth-order valence-corrected chi connectivity index (χ4v) is 3.07. The number of para-hydroxylation sites is 2. The summed E-state index contributed by atoms with van der Waals surface area (Å²) >= 11 is 0. The van der Waals surface area contributed by atoms with Gasteiger partial charge in [0.15, 0.2) is 21.3 Å². The van der Waals surface area contributed by atoms with Crippen molar-refractivity contribution in [3.63, 3.8) is 0 Å². The summed E-state index contributed by atoms with van der Waals surface area (Å²) in [6.45, 7) is 3.65. The van der Waals surface area contributed by atoms with E-state index in [0.717, 1.165) is 0 Å². The topological polar surface area (TPSA) is 89.9 Å². The second-order valence-electron chi connectivity index (χ2n) is 4.58. The monoisotopic (exact) mass is 316 g/mol. The summed E-state index contributed by atoms with van der Waals surface area (Å²) in [5, 5.41) is 8.73. The molecule has 1 N–H and O–H groups in total. The van der Waals surface area contributed by atoms with Crippen molar-refractivity contribution < 1.29 is 27.8 Å². The summed E-state index contributed by atoms with van der Waals surface area (Å²) < 4.78 is 34.3. The van der Waals surface area contributed by atoms with Crippen LogP contribution in [-0.4, -0.2) is 44.2 Å². The van der Waals surface area contributed by atoms with E-state index >= 15 is 0 Å². The van der Waals surface area contributed by atoms with Gasteiger partial charge in [0, 0.05) is 0 Å². The first-order chi connectivity index (χ1) is 9.85. The van der Waals surface area contributed by atoms with Gasteiger partial charge in [0.25, 0.3) is 0 Å². The van der Waals surface area contributed by atoms with Crippen LogP contribution in [0.5, 0.6) is 11.5 Å². The maximum atomic E-state index is 11.8. The Hall–Kier alpha value is -1.76. The first kappa shape index (κ1) is 17.3. The van der Waals surface area contributed by atoms with Crippen molar-refractivity contribution in [2.45, 2.75) is 13.8 Å². The zero-order chi connectivity index (χ0) is 15.9. The molecule has 7 heteroatoms. The molecular weight excluding hydrogens is 296 g/mol. The normalized spacial score (nSPS) is 12.7. The number of carbonyl (C=O) groups is 1. The second kappa shape index (κ2) is 7.87. The van der Waals surface area contributed by atoms with Gasteiger partial charge in [-0.25, -0.2) is 8.42 Å². The van der Waals surface area contributed by atoms with Gasteiger partial charge in [-0.3, -0.25) is 4.79 Å². The lowest BCUT2D eigenvalue weighted by Crippen LogP contribution is -2.25. The highest BCUT2D eigenvalue weighted by molar-refractivity contribution is 7.91. The van der Waals surface area contributed by atoms with Crippen molar-refractivity contribution in [2.75, 3.05) is 24.7 Å². The number of sulfone groups is 1. The fourth-order valence-electron chi connectivity index (χ4n) is 1.66. The molecule has 0 spiro atoms. The molecule has 1 aromatic rings. The Morgan fingerprint density at radius 3 is 2.33 bits per heavy atom. The van der Waals surface area contributed by atoms with E-state index in [4.69, 9.17) is 14.6 Å². The molecule has 0 aliphatic heterocycles. The largest absolute Gasteiger partial charge is 0.490 e. The van der Waals surface area contributed by atoms with Gasteiger partial charge in [-0.1, -0.05) is 19.1 Å². The minimum absolute atomic E-state index is 0.0429. The van der Waals surface area contributed by atoms with Crippen LogP contribution in [0.2, 0.25) is 0 Å². The summed E-state index contributed by atoms with van der Waals surface area (Å²) in [6.07, 6.45) is 0. The van der Waals surface area contributed by atoms with Crippen LogP contribution in [-0.2, 0) is 14.6 Å². The summed E-state index contributed by atoms with van der Waals surface area (Å²) in [6, 6.07) is 6.99. The first-order valence-corrected chi connectivity index (χ1v) is 8.45. The Kier molecular flexibility index (Phi) is 6.48. The van der Waals surface area contributed by atoms with Gasteiger partial charge < -0.3 is 14.6 Å².